The van der Waals surface area contributed by atoms with Crippen molar-refractivity contribution in [3.8, 4) is 0 Å². The van der Waals surface area contributed by atoms with Gasteiger partial charge in [0.2, 0.25) is 0 Å². The van der Waals surface area contributed by atoms with E-state index >= 15 is 0 Å². The van der Waals surface area contributed by atoms with Crippen LogP contribution in [0.2, 0.25) is 0 Å². The number of amidine groups is 1. The highest BCUT2D eigenvalue weighted by atomic mass is 14.8. The van der Waals surface area contributed by atoms with Crippen molar-refractivity contribution in [2.45, 2.75) is 27.7 Å². The molecule has 0 aliphatic heterocycles. The van der Waals surface area contributed by atoms with Crippen molar-refractivity contribution in [2.75, 3.05) is 0 Å². The highest BCUT2D eigenvalue weighted by molar-refractivity contribution is 5.93. The van der Waals surface area contributed by atoms with Crippen LogP contribution < -0.4 is 11.5 Å². The van der Waals surface area contributed by atoms with E-state index in [9.17, 15) is 0 Å². The van der Waals surface area contributed by atoms with Gasteiger partial charge in [0, 0.05) is 0 Å². The average molecular weight is 243 g/mol. The van der Waals surface area contributed by atoms with E-state index in [2.05, 4.69) is 32.9 Å². The van der Waals surface area contributed by atoms with Gasteiger partial charge in [-0.05, 0) is 56.0 Å². The van der Waals surface area contributed by atoms with Crippen molar-refractivity contribution >= 4 is 11.4 Å². The zero-order valence-corrected chi connectivity index (χ0v) is 11.5. The fourth-order valence-electron chi connectivity index (χ4n) is 2.19. The normalized spacial score (nSPS) is 12.7. The lowest BCUT2D eigenvalue weighted by molar-refractivity contribution is 1.28. The lowest BCUT2D eigenvalue weighted by atomic mass is 9.94. The molecule has 0 aliphatic rings. The molecule has 0 saturated heterocycles. The van der Waals surface area contributed by atoms with Gasteiger partial charge in [0.25, 0.3) is 0 Å². The van der Waals surface area contributed by atoms with Crippen molar-refractivity contribution in [3.63, 3.8) is 0 Å². The van der Waals surface area contributed by atoms with Gasteiger partial charge in [-0.1, -0.05) is 23.8 Å². The van der Waals surface area contributed by atoms with Crippen LogP contribution in [0.3, 0.4) is 0 Å². The predicted octanol–water partition coefficient (Wildman–Crippen LogP) is 2.79. The molecule has 0 fully saturated rings. The summed E-state index contributed by atoms with van der Waals surface area (Å²) in [5, 5.41) is 7.22. The molecule has 96 valence electrons. The van der Waals surface area contributed by atoms with E-state index in [-0.39, 0.29) is 11.5 Å². The van der Waals surface area contributed by atoms with E-state index in [0.29, 0.717) is 0 Å². The molecule has 0 spiro atoms. The molecule has 1 aromatic rings. The molecule has 3 nitrogen and oxygen atoms in total. The Morgan fingerprint density at radius 3 is 2.00 bits per heavy atom. The fourth-order valence-corrected chi connectivity index (χ4v) is 2.19. The summed E-state index contributed by atoms with van der Waals surface area (Å²) < 4.78 is 0. The van der Waals surface area contributed by atoms with Crippen molar-refractivity contribution in [2.24, 2.45) is 11.5 Å². The van der Waals surface area contributed by atoms with Crippen LogP contribution in [0.1, 0.15) is 29.2 Å². The molecule has 0 aromatic heterocycles. The molecule has 18 heavy (non-hydrogen) atoms. The van der Waals surface area contributed by atoms with Crippen LogP contribution in [0, 0.1) is 26.2 Å². The van der Waals surface area contributed by atoms with Gasteiger partial charge in [-0.25, -0.2) is 0 Å². The number of rotatable bonds is 3. The highest BCUT2D eigenvalue weighted by Gasteiger charge is 2.05. The van der Waals surface area contributed by atoms with Crippen molar-refractivity contribution in [3.05, 3.63) is 52.2 Å². The SMILES string of the molecule is C/C(=C\C=C(/N)C(=N)N)c1c(C)cc(C)cc1C. The van der Waals surface area contributed by atoms with Crippen LogP contribution in [-0.2, 0) is 0 Å². The first-order valence-electron chi connectivity index (χ1n) is 5.89. The third-order valence-electron chi connectivity index (χ3n) is 2.90. The zero-order valence-electron chi connectivity index (χ0n) is 11.5. The van der Waals surface area contributed by atoms with Gasteiger partial charge in [0.15, 0.2) is 0 Å². The van der Waals surface area contributed by atoms with Crippen LogP contribution in [0.4, 0.5) is 0 Å². The van der Waals surface area contributed by atoms with E-state index in [4.69, 9.17) is 16.9 Å². The Balaban J connectivity index is 3.20. The van der Waals surface area contributed by atoms with Gasteiger partial charge in [-0.2, -0.15) is 0 Å². The molecule has 0 saturated carbocycles. The molecule has 0 unspecified atom stereocenters. The quantitative estimate of drug-likeness (QED) is 0.434. The van der Waals surface area contributed by atoms with E-state index < -0.39 is 0 Å². The van der Waals surface area contributed by atoms with Crippen LogP contribution in [-0.4, -0.2) is 5.84 Å². The third kappa shape index (κ3) is 3.23. The second-order valence-electron chi connectivity index (χ2n) is 4.66. The summed E-state index contributed by atoms with van der Waals surface area (Å²) in [6.07, 6.45) is 3.58. The number of hydrogen-bond acceptors (Lipinski definition) is 2. The first-order chi connectivity index (χ1) is 8.32. The number of hydrogen-bond donors (Lipinski definition) is 3. The van der Waals surface area contributed by atoms with Crippen molar-refractivity contribution in [1.29, 1.82) is 5.41 Å². The molecule has 1 rings (SSSR count). The smallest absolute Gasteiger partial charge is 0.139 e. The molecule has 3 heteroatoms. The Kier molecular flexibility index (Phi) is 4.32. The lowest BCUT2D eigenvalue weighted by Gasteiger charge is -2.11. The molecule has 0 heterocycles. The van der Waals surface area contributed by atoms with Crippen LogP contribution in [0.25, 0.3) is 5.57 Å². The number of allylic oxidation sites excluding steroid dienone is 3. The summed E-state index contributed by atoms with van der Waals surface area (Å²) >= 11 is 0. The summed E-state index contributed by atoms with van der Waals surface area (Å²) in [6, 6.07) is 4.33. The lowest BCUT2D eigenvalue weighted by Crippen LogP contribution is -2.18. The first kappa shape index (κ1) is 14.0. The minimum absolute atomic E-state index is 0.101. The number of nitrogens with two attached hydrogens (primary N) is 2. The Morgan fingerprint density at radius 2 is 1.56 bits per heavy atom. The first-order valence-corrected chi connectivity index (χ1v) is 5.89. The minimum Gasteiger partial charge on any atom is -0.396 e. The number of nitrogens with one attached hydrogen (secondary N) is 1. The Labute approximate surface area is 109 Å². The maximum absolute atomic E-state index is 7.22. The molecule has 1 aromatic carbocycles. The molecule has 0 aliphatic carbocycles. The van der Waals surface area contributed by atoms with E-state index in [1.54, 1.807) is 6.08 Å². The largest absolute Gasteiger partial charge is 0.396 e. The molecule has 0 bridgehead atoms. The third-order valence-corrected chi connectivity index (χ3v) is 2.90. The minimum atomic E-state index is -0.101. The standard InChI is InChI=1S/C15H21N3/c1-9-7-11(3)14(12(4)8-9)10(2)5-6-13(16)15(17)18/h5-8H,16H2,1-4H3,(H3,17,18)/b10-5+,13-6-. The molecule has 0 radical (unpaired) electrons. The molecule has 0 atom stereocenters. The summed E-state index contributed by atoms with van der Waals surface area (Å²) in [5.74, 6) is -0.101. The molecule has 5 N–H and O–H groups in total. The number of aryl methyl sites for hydroxylation is 3. The summed E-state index contributed by atoms with van der Waals surface area (Å²) in [4.78, 5) is 0. The Hall–Kier alpha value is -2.03. The predicted molar refractivity (Wildman–Crippen MR) is 78.5 cm³/mol. The summed E-state index contributed by atoms with van der Waals surface area (Å²) in [5.41, 5.74) is 17.3. The molecule has 0 amide bonds. The summed E-state index contributed by atoms with van der Waals surface area (Å²) in [7, 11) is 0. The highest BCUT2D eigenvalue weighted by Crippen LogP contribution is 2.24. The Morgan fingerprint density at radius 1 is 1.06 bits per heavy atom. The molecular formula is C15H21N3. The van der Waals surface area contributed by atoms with Crippen LogP contribution in [0.5, 0.6) is 0 Å². The maximum Gasteiger partial charge on any atom is 0.139 e. The fraction of sp³-hybridized carbons (Fsp3) is 0.267. The van der Waals surface area contributed by atoms with Gasteiger partial charge in [-0.15, -0.1) is 0 Å². The second kappa shape index (κ2) is 5.54. The summed E-state index contributed by atoms with van der Waals surface area (Å²) in [6.45, 7) is 8.33. The van der Waals surface area contributed by atoms with Crippen LogP contribution in [0.15, 0.2) is 30.0 Å². The van der Waals surface area contributed by atoms with Crippen molar-refractivity contribution < 1.29 is 0 Å². The Bertz CT molecular complexity index is 514. The van der Waals surface area contributed by atoms with Gasteiger partial charge in [0.1, 0.15) is 5.84 Å². The van der Waals surface area contributed by atoms with Gasteiger partial charge < -0.3 is 11.5 Å². The second-order valence-corrected chi connectivity index (χ2v) is 4.66. The average Bonchev–Trinajstić information content (AvgIpc) is 2.24. The number of benzene rings is 1. The van der Waals surface area contributed by atoms with E-state index in [1.165, 1.54) is 22.3 Å². The van der Waals surface area contributed by atoms with Crippen molar-refractivity contribution in [1.82, 2.24) is 0 Å². The monoisotopic (exact) mass is 243 g/mol. The maximum atomic E-state index is 7.22. The van der Waals surface area contributed by atoms with E-state index in [1.807, 2.05) is 13.0 Å². The van der Waals surface area contributed by atoms with Gasteiger partial charge >= 0.3 is 0 Å². The zero-order chi connectivity index (χ0) is 13.9. The van der Waals surface area contributed by atoms with Crippen LogP contribution >= 0.6 is 0 Å². The van der Waals surface area contributed by atoms with Gasteiger partial charge in [-0.3, -0.25) is 5.41 Å². The topological polar surface area (TPSA) is 75.9 Å². The van der Waals surface area contributed by atoms with E-state index in [0.717, 1.165) is 5.57 Å². The van der Waals surface area contributed by atoms with Gasteiger partial charge in [0.05, 0.1) is 5.70 Å². The molecular weight excluding hydrogens is 222 g/mol.